The Morgan fingerprint density at radius 3 is 2.30 bits per heavy atom. The van der Waals surface area contributed by atoms with Crippen molar-refractivity contribution in [2.45, 2.75) is 39.2 Å². The largest absolute Gasteiger partial charge is 0.466 e. The van der Waals surface area contributed by atoms with Crippen LogP contribution < -0.4 is 0 Å². The van der Waals surface area contributed by atoms with Crippen molar-refractivity contribution in [2.75, 3.05) is 32.8 Å². The summed E-state index contributed by atoms with van der Waals surface area (Å²) in [6.45, 7) is 5.71. The second-order valence-electron chi connectivity index (χ2n) is 7.49. The fourth-order valence-corrected chi connectivity index (χ4v) is 4.06. The van der Waals surface area contributed by atoms with Gasteiger partial charge in [0.25, 0.3) is 0 Å². The van der Waals surface area contributed by atoms with E-state index in [1.807, 2.05) is 24.0 Å². The van der Waals surface area contributed by atoms with Gasteiger partial charge in [-0.15, -0.1) is 0 Å². The molecule has 1 aromatic carbocycles. The standard InChI is InChI=1S/C21H29FN2O3/c1-2-27-21(26)17-9-13-24(14-10-17)20(25)16-7-11-23(12-8-16)15-18-5-3-4-6-19(18)22/h3-6,16-17H,2,7-15H2,1H3. The zero-order valence-corrected chi connectivity index (χ0v) is 16.0. The Bertz CT molecular complexity index is 651. The Morgan fingerprint density at radius 1 is 1.04 bits per heavy atom. The first-order valence-electron chi connectivity index (χ1n) is 9.99. The molecule has 6 heteroatoms. The molecule has 3 rings (SSSR count). The Labute approximate surface area is 160 Å². The smallest absolute Gasteiger partial charge is 0.309 e. The molecule has 2 heterocycles. The van der Waals surface area contributed by atoms with Crippen LogP contribution in [0.2, 0.25) is 0 Å². The first-order valence-corrected chi connectivity index (χ1v) is 9.99. The molecule has 0 unspecified atom stereocenters. The van der Waals surface area contributed by atoms with Gasteiger partial charge in [-0.25, -0.2) is 4.39 Å². The highest BCUT2D eigenvalue weighted by atomic mass is 19.1. The van der Waals surface area contributed by atoms with Gasteiger partial charge in [-0.2, -0.15) is 0 Å². The number of nitrogens with zero attached hydrogens (tertiary/aromatic N) is 2. The van der Waals surface area contributed by atoms with Gasteiger partial charge >= 0.3 is 5.97 Å². The van der Waals surface area contributed by atoms with Crippen LogP contribution in [0.3, 0.4) is 0 Å². The van der Waals surface area contributed by atoms with Crippen LogP contribution in [0, 0.1) is 17.7 Å². The third kappa shape index (κ3) is 5.06. The quantitative estimate of drug-likeness (QED) is 0.742. The number of esters is 1. The van der Waals surface area contributed by atoms with E-state index in [2.05, 4.69) is 4.90 Å². The minimum absolute atomic E-state index is 0.0426. The second-order valence-corrected chi connectivity index (χ2v) is 7.49. The predicted octanol–water partition coefficient (Wildman–Crippen LogP) is 2.84. The molecule has 0 aliphatic carbocycles. The average Bonchev–Trinajstić information content (AvgIpc) is 2.70. The number of piperidine rings is 2. The maximum Gasteiger partial charge on any atom is 0.309 e. The van der Waals surface area contributed by atoms with Gasteiger partial charge in [-0.3, -0.25) is 14.5 Å². The van der Waals surface area contributed by atoms with Gasteiger partial charge < -0.3 is 9.64 Å². The van der Waals surface area contributed by atoms with E-state index in [9.17, 15) is 14.0 Å². The molecule has 5 nitrogen and oxygen atoms in total. The summed E-state index contributed by atoms with van der Waals surface area (Å²) in [6, 6.07) is 6.87. The van der Waals surface area contributed by atoms with Crippen LogP contribution >= 0.6 is 0 Å². The van der Waals surface area contributed by atoms with E-state index >= 15 is 0 Å². The molecule has 2 fully saturated rings. The highest BCUT2D eigenvalue weighted by Crippen LogP contribution is 2.25. The summed E-state index contributed by atoms with van der Waals surface area (Å²) in [5, 5.41) is 0. The zero-order valence-electron chi connectivity index (χ0n) is 16.0. The van der Waals surface area contributed by atoms with Crippen LogP contribution in [-0.4, -0.2) is 54.5 Å². The van der Waals surface area contributed by atoms with Crippen molar-refractivity contribution < 1.29 is 18.7 Å². The first-order chi connectivity index (χ1) is 13.1. The molecule has 2 saturated heterocycles. The topological polar surface area (TPSA) is 49.9 Å². The highest BCUT2D eigenvalue weighted by molar-refractivity contribution is 5.79. The van der Waals surface area contributed by atoms with Crippen molar-refractivity contribution in [1.82, 2.24) is 9.80 Å². The van der Waals surface area contributed by atoms with E-state index in [1.54, 1.807) is 6.07 Å². The Balaban J connectivity index is 1.44. The number of carbonyl (C=O) groups is 2. The number of carbonyl (C=O) groups excluding carboxylic acids is 2. The summed E-state index contributed by atoms with van der Waals surface area (Å²) in [5.41, 5.74) is 0.711. The van der Waals surface area contributed by atoms with E-state index in [0.29, 0.717) is 44.6 Å². The minimum atomic E-state index is -0.167. The predicted molar refractivity (Wildman–Crippen MR) is 100 cm³/mol. The molecule has 0 bridgehead atoms. The van der Waals surface area contributed by atoms with Gasteiger partial charge in [0, 0.05) is 31.1 Å². The molecule has 148 valence electrons. The Morgan fingerprint density at radius 2 is 1.67 bits per heavy atom. The lowest BCUT2D eigenvalue weighted by Crippen LogP contribution is -2.46. The van der Waals surface area contributed by atoms with E-state index < -0.39 is 0 Å². The van der Waals surface area contributed by atoms with Crippen LogP contribution in [-0.2, 0) is 20.9 Å². The maximum atomic E-state index is 13.8. The summed E-state index contributed by atoms with van der Waals surface area (Å²) in [7, 11) is 0. The van der Waals surface area contributed by atoms with Crippen molar-refractivity contribution in [1.29, 1.82) is 0 Å². The normalized spacial score (nSPS) is 19.9. The molecule has 0 aromatic heterocycles. The molecule has 0 atom stereocenters. The molecule has 0 spiro atoms. The van der Waals surface area contributed by atoms with Crippen molar-refractivity contribution in [3.63, 3.8) is 0 Å². The SMILES string of the molecule is CCOC(=O)C1CCN(C(=O)C2CCN(Cc3ccccc3F)CC2)CC1. The first kappa shape index (κ1) is 19.8. The summed E-state index contributed by atoms with van der Waals surface area (Å²) in [6.07, 6.45) is 3.00. The number of ether oxygens (including phenoxy) is 1. The number of rotatable bonds is 5. The van der Waals surface area contributed by atoms with Gasteiger partial charge in [0.2, 0.25) is 5.91 Å². The maximum absolute atomic E-state index is 13.8. The Kier molecular flexibility index (Phi) is 6.83. The second kappa shape index (κ2) is 9.31. The van der Waals surface area contributed by atoms with E-state index in [4.69, 9.17) is 4.74 Å². The molecule has 1 aromatic rings. The molecular weight excluding hydrogens is 347 g/mol. The number of hydrogen-bond acceptors (Lipinski definition) is 4. The van der Waals surface area contributed by atoms with E-state index in [-0.39, 0.29) is 29.5 Å². The number of amides is 1. The molecule has 27 heavy (non-hydrogen) atoms. The van der Waals surface area contributed by atoms with Gasteiger partial charge in [0.15, 0.2) is 0 Å². The van der Waals surface area contributed by atoms with Crippen molar-refractivity contribution >= 4 is 11.9 Å². The van der Waals surface area contributed by atoms with Crippen LogP contribution in [0.4, 0.5) is 4.39 Å². The molecule has 1 amide bonds. The van der Waals surface area contributed by atoms with Gasteiger partial charge in [0.05, 0.1) is 12.5 Å². The summed E-state index contributed by atoms with van der Waals surface area (Å²) in [4.78, 5) is 28.8. The number of halogens is 1. The molecule has 0 saturated carbocycles. The van der Waals surface area contributed by atoms with Crippen molar-refractivity contribution in [3.05, 3.63) is 35.6 Å². The minimum Gasteiger partial charge on any atom is -0.466 e. The lowest BCUT2D eigenvalue weighted by molar-refractivity contribution is -0.152. The molecule has 2 aliphatic rings. The summed E-state index contributed by atoms with van der Waals surface area (Å²) in [5.74, 6) is -0.119. The van der Waals surface area contributed by atoms with Gasteiger partial charge in [-0.05, 0) is 51.8 Å². The average molecular weight is 376 g/mol. The molecule has 0 radical (unpaired) electrons. The zero-order chi connectivity index (χ0) is 19.2. The number of likely N-dealkylation sites (tertiary alicyclic amines) is 2. The van der Waals surface area contributed by atoms with Gasteiger partial charge in [-0.1, -0.05) is 18.2 Å². The van der Waals surface area contributed by atoms with Crippen LogP contribution in [0.5, 0.6) is 0 Å². The summed E-state index contributed by atoms with van der Waals surface area (Å²) >= 11 is 0. The lowest BCUT2D eigenvalue weighted by Gasteiger charge is -2.36. The van der Waals surface area contributed by atoms with Crippen LogP contribution in [0.1, 0.15) is 38.2 Å². The fraction of sp³-hybridized carbons (Fsp3) is 0.619. The Hall–Kier alpha value is -1.95. The number of hydrogen-bond donors (Lipinski definition) is 0. The monoisotopic (exact) mass is 376 g/mol. The third-order valence-corrected chi connectivity index (χ3v) is 5.72. The fourth-order valence-electron chi connectivity index (χ4n) is 4.06. The lowest BCUT2D eigenvalue weighted by atomic mass is 9.92. The van der Waals surface area contributed by atoms with E-state index in [1.165, 1.54) is 6.07 Å². The van der Waals surface area contributed by atoms with Crippen molar-refractivity contribution in [3.8, 4) is 0 Å². The van der Waals surface area contributed by atoms with Crippen LogP contribution in [0.15, 0.2) is 24.3 Å². The van der Waals surface area contributed by atoms with Crippen LogP contribution in [0.25, 0.3) is 0 Å². The highest BCUT2D eigenvalue weighted by Gasteiger charge is 2.33. The van der Waals surface area contributed by atoms with Crippen molar-refractivity contribution in [2.24, 2.45) is 11.8 Å². The summed E-state index contributed by atoms with van der Waals surface area (Å²) < 4.78 is 18.9. The molecule has 0 N–H and O–H groups in total. The van der Waals surface area contributed by atoms with E-state index in [0.717, 1.165) is 25.9 Å². The number of benzene rings is 1. The molecule has 2 aliphatic heterocycles. The molecular formula is C21H29FN2O3. The van der Waals surface area contributed by atoms with Gasteiger partial charge in [0.1, 0.15) is 5.82 Å². The third-order valence-electron chi connectivity index (χ3n) is 5.72.